The van der Waals surface area contributed by atoms with Crippen molar-refractivity contribution < 1.29 is 14.6 Å². The summed E-state index contributed by atoms with van der Waals surface area (Å²) >= 11 is 5.95. The fourth-order valence-electron chi connectivity index (χ4n) is 1.58. The lowest BCUT2D eigenvalue weighted by atomic mass is 10.1. The highest BCUT2D eigenvalue weighted by atomic mass is 35.5. The minimum absolute atomic E-state index is 0.181. The summed E-state index contributed by atoms with van der Waals surface area (Å²) in [5.41, 5.74) is 1.32. The van der Waals surface area contributed by atoms with E-state index in [4.69, 9.17) is 16.3 Å². The molecule has 0 saturated heterocycles. The summed E-state index contributed by atoms with van der Waals surface area (Å²) in [6.07, 6.45) is -0.102. The second-order valence-electron chi connectivity index (χ2n) is 4.07. The van der Waals surface area contributed by atoms with E-state index in [2.05, 4.69) is 5.32 Å². The number of carbonyl (C=O) groups excluding carboxylic acids is 1. The van der Waals surface area contributed by atoms with Gasteiger partial charge in [-0.05, 0) is 31.0 Å². The smallest absolute Gasteiger partial charge is 0.251 e. The van der Waals surface area contributed by atoms with Crippen LogP contribution in [-0.4, -0.2) is 37.4 Å². The first kappa shape index (κ1) is 15.0. The lowest BCUT2D eigenvalue weighted by molar-refractivity contribution is 0.0587. The Bertz CT molecular complexity index is 409. The summed E-state index contributed by atoms with van der Waals surface area (Å²) in [7, 11) is 1.52. The highest BCUT2D eigenvalue weighted by Crippen LogP contribution is 2.18. The van der Waals surface area contributed by atoms with Crippen LogP contribution < -0.4 is 5.32 Å². The number of halogens is 1. The minimum atomic E-state index is -0.559. The van der Waals surface area contributed by atoms with Crippen molar-refractivity contribution in [2.45, 2.75) is 19.4 Å². The number of hydrogen-bond donors (Lipinski definition) is 2. The molecule has 0 radical (unpaired) electrons. The van der Waals surface area contributed by atoms with Gasteiger partial charge < -0.3 is 15.2 Å². The predicted octanol–water partition coefficient (Wildman–Crippen LogP) is 1.78. The van der Waals surface area contributed by atoms with Crippen LogP contribution in [0.4, 0.5) is 0 Å². The van der Waals surface area contributed by atoms with Gasteiger partial charge in [0.15, 0.2) is 0 Å². The second kappa shape index (κ2) is 7.36. The molecule has 0 aromatic heterocycles. The largest absolute Gasteiger partial charge is 0.391 e. The van der Waals surface area contributed by atoms with Crippen LogP contribution in [0.15, 0.2) is 18.2 Å². The molecule has 100 valence electrons. The molecule has 1 rings (SSSR count). The number of methoxy groups -OCH3 is 1. The number of nitrogens with one attached hydrogen (secondary N) is 1. The number of aliphatic hydroxyl groups is 1. The first-order valence-corrected chi connectivity index (χ1v) is 6.14. The number of rotatable bonds is 6. The summed E-state index contributed by atoms with van der Waals surface area (Å²) < 4.78 is 4.80. The Hall–Kier alpha value is -1.10. The molecule has 0 aliphatic carbocycles. The third-order valence-electron chi connectivity index (χ3n) is 2.63. The maximum Gasteiger partial charge on any atom is 0.251 e. The van der Waals surface area contributed by atoms with Gasteiger partial charge in [-0.25, -0.2) is 0 Å². The number of aliphatic hydroxyl groups excluding tert-OH is 1. The molecule has 0 heterocycles. The molecule has 2 N–H and O–H groups in total. The van der Waals surface area contributed by atoms with Crippen molar-refractivity contribution in [1.29, 1.82) is 0 Å². The van der Waals surface area contributed by atoms with E-state index in [0.717, 1.165) is 5.56 Å². The number of benzene rings is 1. The average molecular weight is 272 g/mol. The molecule has 1 amide bonds. The normalized spacial score (nSPS) is 12.2. The minimum Gasteiger partial charge on any atom is -0.391 e. The maximum atomic E-state index is 11.9. The lowest BCUT2D eigenvalue weighted by Gasteiger charge is -2.11. The lowest BCUT2D eigenvalue weighted by Crippen LogP contribution is -2.29. The zero-order valence-electron chi connectivity index (χ0n) is 10.6. The van der Waals surface area contributed by atoms with Gasteiger partial charge in [0, 0.05) is 24.2 Å². The van der Waals surface area contributed by atoms with Gasteiger partial charge in [-0.3, -0.25) is 4.79 Å². The molecule has 0 fully saturated rings. The number of hydrogen-bond acceptors (Lipinski definition) is 3. The maximum absolute atomic E-state index is 11.9. The Balaban J connectivity index is 2.48. The van der Waals surface area contributed by atoms with E-state index >= 15 is 0 Å². The van der Waals surface area contributed by atoms with E-state index in [-0.39, 0.29) is 12.5 Å². The van der Waals surface area contributed by atoms with E-state index in [9.17, 15) is 9.90 Å². The summed E-state index contributed by atoms with van der Waals surface area (Å²) in [5, 5.41) is 12.7. The van der Waals surface area contributed by atoms with Crippen molar-refractivity contribution in [2.24, 2.45) is 0 Å². The Morgan fingerprint density at radius 3 is 2.94 bits per heavy atom. The SMILES string of the molecule is COCC(O)CCNC(=O)c1cccc(Cl)c1C. The van der Waals surface area contributed by atoms with E-state index in [1.54, 1.807) is 25.1 Å². The van der Waals surface area contributed by atoms with Gasteiger partial charge in [0.25, 0.3) is 5.91 Å². The number of carbonyl (C=O) groups is 1. The van der Waals surface area contributed by atoms with Crippen molar-refractivity contribution in [3.8, 4) is 0 Å². The molecule has 0 bridgehead atoms. The molecule has 1 atom stereocenters. The van der Waals surface area contributed by atoms with E-state index in [1.165, 1.54) is 7.11 Å². The second-order valence-corrected chi connectivity index (χ2v) is 4.47. The van der Waals surface area contributed by atoms with Gasteiger partial charge in [0.2, 0.25) is 0 Å². The molecular weight excluding hydrogens is 254 g/mol. The van der Waals surface area contributed by atoms with Crippen LogP contribution in [0.1, 0.15) is 22.3 Å². The van der Waals surface area contributed by atoms with Gasteiger partial charge in [0.05, 0.1) is 12.7 Å². The van der Waals surface area contributed by atoms with Crippen LogP contribution in [0.25, 0.3) is 0 Å². The summed E-state index contributed by atoms with van der Waals surface area (Å²) in [4.78, 5) is 11.9. The Labute approximate surface area is 112 Å². The molecule has 1 aromatic carbocycles. The van der Waals surface area contributed by atoms with Crippen molar-refractivity contribution in [1.82, 2.24) is 5.32 Å². The molecule has 0 aliphatic rings. The zero-order chi connectivity index (χ0) is 13.5. The molecule has 1 aromatic rings. The zero-order valence-corrected chi connectivity index (χ0v) is 11.3. The Kier molecular flexibility index (Phi) is 6.12. The highest BCUT2D eigenvalue weighted by molar-refractivity contribution is 6.31. The molecular formula is C13H18ClNO3. The summed E-state index contributed by atoms with van der Waals surface area (Å²) in [6.45, 7) is 2.47. The number of amides is 1. The molecule has 18 heavy (non-hydrogen) atoms. The monoisotopic (exact) mass is 271 g/mol. The quantitative estimate of drug-likeness (QED) is 0.829. The number of ether oxygens (including phenoxy) is 1. The Morgan fingerprint density at radius 1 is 1.56 bits per heavy atom. The van der Waals surface area contributed by atoms with Crippen LogP contribution in [0, 0.1) is 6.92 Å². The molecule has 0 saturated carbocycles. The molecule has 5 heteroatoms. The average Bonchev–Trinajstić information content (AvgIpc) is 2.33. The van der Waals surface area contributed by atoms with E-state index in [0.29, 0.717) is 23.6 Å². The van der Waals surface area contributed by atoms with Crippen molar-refractivity contribution in [3.63, 3.8) is 0 Å². The van der Waals surface area contributed by atoms with Crippen molar-refractivity contribution in [2.75, 3.05) is 20.3 Å². The Morgan fingerprint density at radius 2 is 2.28 bits per heavy atom. The summed E-state index contributed by atoms with van der Waals surface area (Å²) in [6, 6.07) is 5.21. The van der Waals surface area contributed by atoms with Crippen molar-refractivity contribution >= 4 is 17.5 Å². The fraction of sp³-hybridized carbons (Fsp3) is 0.462. The van der Waals surface area contributed by atoms with Crippen molar-refractivity contribution in [3.05, 3.63) is 34.3 Å². The van der Waals surface area contributed by atoms with Crippen LogP contribution in [0.2, 0.25) is 5.02 Å². The van der Waals surface area contributed by atoms with Gasteiger partial charge in [0.1, 0.15) is 0 Å². The van der Waals surface area contributed by atoms with Gasteiger partial charge in [-0.2, -0.15) is 0 Å². The molecule has 1 unspecified atom stereocenters. The van der Waals surface area contributed by atoms with E-state index in [1.807, 2.05) is 0 Å². The van der Waals surface area contributed by atoms with Gasteiger partial charge >= 0.3 is 0 Å². The van der Waals surface area contributed by atoms with Crippen LogP contribution in [-0.2, 0) is 4.74 Å². The standard InChI is InChI=1S/C13H18ClNO3/c1-9-11(4-3-5-12(9)14)13(17)15-7-6-10(16)8-18-2/h3-5,10,16H,6-8H2,1-2H3,(H,15,17). The molecule has 0 aliphatic heterocycles. The summed E-state index contributed by atoms with van der Waals surface area (Å²) in [5.74, 6) is -0.181. The van der Waals surface area contributed by atoms with Crippen LogP contribution >= 0.6 is 11.6 Å². The predicted molar refractivity (Wildman–Crippen MR) is 71.0 cm³/mol. The first-order valence-electron chi connectivity index (χ1n) is 5.76. The highest BCUT2D eigenvalue weighted by Gasteiger charge is 2.11. The third-order valence-corrected chi connectivity index (χ3v) is 3.04. The molecule has 4 nitrogen and oxygen atoms in total. The molecule has 0 spiro atoms. The van der Waals surface area contributed by atoms with Gasteiger partial charge in [-0.15, -0.1) is 0 Å². The fourth-order valence-corrected chi connectivity index (χ4v) is 1.75. The first-order chi connectivity index (χ1) is 8.56. The van der Waals surface area contributed by atoms with Crippen LogP contribution in [0.5, 0.6) is 0 Å². The van der Waals surface area contributed by atoms with Gasteiger partial charge in [-0.1, -0.05) is 17.7 Å². The topological polar surface area (TPSA) is 58.6 Å². The van der Waals surface area contributed by atoms with E-state index < -0.39 is 6.10 Å². The van der Waals surface area contributed by atoms with Crippen LogP contribution in [0.3, 0.4) is 0 Å². The third kappa shape index (κ3) is 4.29.